The van der Waals surface area contributed by atoms with Crippen molar-refractivity contribution in [2.24, 2.45) is 0 Å². The molecule has 1 aromatic carbocycles. The van der Waals surface area contributed by atoms with E-state index in [1.807, 2.05) is 18.9 Å². The minimum Gasteiger partial charge on any atom is -0.504 e. The Morgan fingerprint density at radius 2 is 2.15 bits per heavy atom. The van der Waals surface area contributed by atoms with Crippen LogP contribution >= 0.6 is 0 Å². The van der Waals surface area contributed by atoms with Crippen molar-refractivity contribution in [1.29, 1.82) is 0 Å². The fraction of sp³-hybridized carbons (Fsp3) is 0.533. The van der Waals surface area contributed by atoms with Crippen molar-refractivity contribution in [3.8, 4) is 11.5 Å². The number of nitrogens with one attached hydrogen (secondary N) is 1. The van der Waals surface area contributed by atoms with E-state index in [0.29, 0.717) is 13.0 Å². The number of nitrogens with zero attached hydrogens (tertiary/aromatic N) is 1. The van der Waals surface area contributed by atoms with E-state index in [1.54, 1.807) is 6.07 Å². The number of benzene rings is 1. The highest BCUT2D eigenvalue weighted by atomic mass is 16.3. The zero-order valence-electron chi connectivity index (χ0n) is 12.0. The van der Waals surface area contributed by atoms with Gasteiger partial charge in [0.1, 0.15) is 0 Å². The van der Waals surface area contributed by atoms with Gasteiger partial charge in [0, 0.05) is 19.5 Å². The molecule has 5 heteroatoms. The van der Waals surface area contributed by atoms with Crippen LogP contribution in [-0.2, 0) is 11.3 Å². The van der Waals surface area contributed by atoms with Gasteiger partial charge in [0.15, 0.2) is 17.3 Å². The Morgan fingerprint density at radius 1 is 1.40 bits per heavy atom. The average molecular weight is 278 g/mol. The molecule has 0 bridgehead atoms. The molecule has 1 heterocycles. The smallest absolute Gasteiger partial charge is 0.157 e. The SMILES string of the molecule is CCC(=O)[C@@]1(C)CCCN1NCc1ccc(O)c(O)c1. The van der Waals surface area contributed by atoms with Gasteiger partial charge in [0.25, 0.3) is 0 Å². The van der Waals surface area contributed by atoms with Crippen LogP contribution in [0.3, 0.4) is 0 Å². The van der Waals surface area contributed by atoms with E-state index in [1.165, 1.54) is 12.1 Å². The highest BCUT2D eigenvalue weighted by Crippen LogP contribution is 2.30. The Balaban J connectivity index is 2.02. The molecule has 1 fully saturated rings. The Morgan fingerprint density at radius 3 is 2.80 bits per heavy atom. The first-order valence-electron chi connectivity index (χ1n) is 7.02. The van der Waals surface area contributed by atoms with Gasteiger partial charge in [0.05, 0.1) is 5.54 Å². The van der Waals surface area contributed by atoms with E-state index in [0.717, 1.165) is 24.9 Å². The minimum atomic E-state index is -0.437. The molecule has 1 atom stereocenters. The van der Waals surface area contributed by atoms with Gasteiger partial charge in [-0.25, -0.2) is 10.4 Å². The number of aromatic hydroxyl groups is 2. The van der Waals surface area contributed by atoms with Crippen LogP contribution in [0, 0.1) is 0 Å². The number of carbonyl (C=O) groups excluding carboxylic acids is 1. The highest BCUT2D eigenvalue weighted by molar-refractivity contribution is 5.87. The maximum absolute atomic E-state index is 12.1. The lowest BCUT2D eigenvalue weighted by Gasteiger charge is -2.34. The molecule has 1 aromatic rings. The predicted molar refractivity (Wildman–Crippen MR) is 76.3 cm³/mol. The van der Waals surface area contributed by atoms with Gasteiger partial charge >= 0.3 is 0 Å². The maximum atomic E-state index is 12.1. The lowest BCUT2D eigenvalue weighted by atomic mass is 9.92. The molecule has 110 valence electrons. The van der Waals surface area contributed by atoms with Crippen LogP contribution in [0.4, 0.5) is 0 Å². The number of hydrogen-bond donors (Lipinski definition) is 3. The van der Waals surface area contributed by atoms with Crippen molar-refractivity contribution in [1.82, 2.24) is 10.4 Å². The Labute approximate surface area is 119 Å². The summed E-state index contributed by atoms with van der Waals surface area (Å²) in [6, 6.07) is 4.74. The van der Waals surface area contributed by atoms with Gasteiger partial charge in [-0.05, 0) is 37.5 Å². The summed E-state index contributed by atoms with van der Waals surface area (Å²) in [5.74, 6) is -0.00454. The van der Waals surface area contributed by atoms with Crippen LogP contribution in [0.25, 0.3) is 0 Å². The van der Waals surface area contributed by atoms with Crippen LogP contribution in [0.2, 0.25) is 0 Å². The van der Waals surface area contributed by atoms with E-state index in [4.69, 9.17) is 0 Å². The number of rotatable bonds is 5. The third-order valence-electron chi connectivity index (χ3n) is 4.08. The standard InChI is InChI=1S/C15H22N2O3/c1-3-14(20)15(2)7-4-8-17(15)16-10-11-5-6-12(18)13(19)9-11/h5-6,9,16,18-19H,3-4,7-8,10H2,1-2H3/t15-/m1/s1. The van der Waals surface area contributed by atoms with Gasteiger partial charge in [-0.15, -0.1) is 0 Å². The summed E-state index contributed by atoms with van der Waals surface area (Å²) < 4.78 is 0. The molecule has 0 saturated carbocycles. The van der Waals surface area contributed by atoms with Crippen molar-refractivity contribution in [3.05, 3.63) is 23.8 Å². The third kappa shape index (κ3) is 2.78. The van der Waals surface area contributed by atoms with E-state index in [-0.39, 0.29) is 17.3 Å². The van der Waals surface area contributed by atoms with E-state index >= 15 is 0 Å². The fourth-order valence-electron chi connectivity index (χ4n) is 2.75. The number of Topliss-reactive ketones (excluding diaryl/α,β-unsaturated/α-hetero) is 1. The Kier molecular flexibility index (Phi) is 4.30. The molecule has 20 heavy (non-hydrogen) atoms. The third-order valence-corrected chi connectivity index (χ3v) is 4.08. The summed E-state index contributed by atoms with van der Waals surface area (Å²) in [5, 5.41) is 20.8. The van der Waals surface area contributed by atoms with Crippen molar-refractivity contribution >= 4 is 5.78 Å². The molecule has 1 aliphatic heterocycles. The summed E-state index contributed by atoms with van der Waals surface area (Å²) in [7, 11) is 0. The average Bonchev–Trinajstić information content (AvgIpc) is 2.82. The zero-order chi connectivity index (χ0) is 14.8. The van der Waals surface area contributed by atoms with E-state index in [2.05, 4.69) is 5.43 Å². The molecule has 0 unspecified atom stereocenters. The zero-order valence-corrected chi connectivity index (χ0v) is 12.0. The predicted octanol–water partition coefficient (Wildman–Crippen LogP) is 1.94. The quantitative estimate of drug-likeness (QED) is 0.718. The van der Waals surface area contributed by atoms with Crippen molar-refractivity contribution < 1.29 is 15.0 Å². The highest BCUT2D eigenvalue weighted by Gasteiger charge is 2.41. The van der Waals surface area contributed by atoms with Crippen molar-refractivity contribution in [2.75, 3.05) is 6.54 Å². The number of ketones is 1. The summed E-state index contributed by atoms with van der Waals surface area (Å²) >= 11 is 0. The Bertz CT molecular complexity index is 504. The number of phenolic OH excluding ortho intramolecular Hbond substituents is 2. The molecule has 0 radical (unpaired) electrons. The van der Waals surface area contributed by atoms with E-state index < -0.39 is 5.54 Å². The molecule has 2 rings (SSSR count). The summed E-state index contributed by atoms with van der Waals surface area (Å²) in [6.45, 7) is 5.22. The molecule has 1 aliphatic rings. The molecule has 5 nitrogen and oxygen atoms in total. The van der Waals surface area contributed by atoms with Gasteiger partial charge in [-0.3, -0.25) is 4.79 Å². The number of carbonyl (C=O) groups is 1. The molecule has 0 aromatic heterocycles. The topological polar surface area (TPSA) is 72.8 Å². The maximum Gasteiger partial charge on any atom is 0.157 e. The minimum absolute atomic E-state index is 0.124. The molecule has 3 N–H and O–H groups in total. The number of hydrazine groups is 1. The second-order valence-electron chi connectivity index (χ2n) is 5.46. The van der Waals surface area contributed by atoms with Crippen LogP contribution in [0.15, 0.2) is 18.2 Å². The second-order valence-corrected chi connectivity index (χ2v) is 5.46. The lowest BCUT2D eigenvalue weighted by Crippen LogP contribution is -2.53. The van der Waals surface area contributed by atoms with Gasteiger partial charge in [-0.1, -0.05) is 13.0 Å². The normalized spacial score (nSPS) is 23.1. The molecular weight excluding hydrogens is 256 g/mol. The molecule has 1 saturated heterocycles. The molecule has 0 amide bonds. The van der Waals surface area contributed by atoms with Crippen LogP contribution < -0.4 is 5.43 Å². The first-order chi connectivity index (χ1) is 9.47. The molecular formula is C15H22N2O3. The van der Waals surface area contributed by atoms with Gasteiger partial charge in [-0.2, -0.15) is 0 Å². The molecule has 0 spiro atoms. The second kappa shape index (κ2) is 5.81. The molecule has 0 aliphatic carbocycles. The first kappa shape index (κ1) is 14.8. The largest absolute Gasteiger partial charge is 0.504 e. The summed E-state index contributed by atoms with van der Waals surface area (Å²) in [5.41, 5.74) is 3.69. The number of hydrogen-bond acceptors (Lipinski definition) is 5. The van der Waals surface area contributed by atoms with Gasteiger partial charge < -0.3 is 10.2 Å². The van der Waals surface area contributed by atoms with Crippen LogP contribution in [-0.4, -0.2) is 33.1 Å². The first-order valence-corrected chi connectivity index (χ1v) is 7.02. The van der Waals surface area contributed by atoms with E-state index in [9.17, 15) is 15.0 Å². The Hall–Kier alpha value is -1.59. The lowest BCUT2D eigenvalue weighted by molar-refractivity contribution is -0.130. The summed E-state index contributed by atoms with van der Waals surface area (Å²) in [6.07, 6.45) is 2.40. The summed E-state index contributed by atoms with van der Waals surface area (Å²) in [4.78, 5) is 12.1. The van der Waals surface area contributed by atoms with Crippen LogP contribution in [0.1, 0.15) is 38.7 Å². The van der Waals surface area contributed by atoms with Gasteiger partial charge in [0.2, 0.25) is 0 Å². The number of phenols is 2. The van der Waals surface area contributed by atoms with Crippen molar-refractivity contribution in [3.63, 3.8) is 0 Å². The fourth-order valence-corrected chi connectivity index (χ4v) is 2.75. The monoisotopic (exact) mass is 278 g/mol. The van der Waals surface area contributed by atoms with Crippen LogP contribution in [0.5, 0.6) is 11.5 Å². The van der Waals surface area contributed by atoms with Crippen molar-refractivity contribution in [2.45, 2.75) is 45.2 Å².